The van der Waals surface area contributed by atoms with Gasteiger partial charge in [-0.15, -0.1) is 0 Å². The number of rotatable bonds is 15. The third-order valence-electron chi connectivity index (χ3n) is 23.5. The molecule has 0 spiro atoms. The summed E-state index contributed by atoms with van der Waals surface area (Å²) in [6.45, 7) is 10.1. The number of hydrogen-bond acceptors (Lipinski definition) is 8. The quantitative estimate of drug-likeness (QED) is 0.0713. The minimum absolute atomic E-state index is 0.0564. The molecule has 0 amide bonds. The van der Waals surface area contributed by atoms with Gasteiger partial charge in [-0.1, -0.05) is 27.7 Å². The smallest absolute Gasteiger partial charge is 0.312 e. The fraction of sp³-hybridized carbons (Fsp3) is 0.923. The molecule has 0 aromatic rings. The Morgan fingerprint density at radius 2 is 1.05 bits per heavy atom. The zero-order chi connectivity index (χ0) is 42.6. The highest BCUT2D eigenvalue weighted by molar-refractivity contribution is 5.81. The second kappa shape index (κ2) is 15.2. The summed E-state index contributed by atoms with van der Waals surface area (Å²) < 4.78 is 24.2. The molecule has 0 saturated heterocycles. The van der Waals surface area contributed by atoms with E-state index in [2.05, 4.69) is 20.8 Å². The van der Waals surface area contributed by atoms with Gasteiger partial charge in [0.25, 0.3) is 0 Å². The van der Waals surface area contributed by atoms with Crippen LogP contribution in [0.5, 0.6) is 0 Å². The van der Waals surface area contributed by atoms with Gasteiger partial charge in [0, 0.05) is 0 Å². The molecule has 10 nitrogen and oxygen atoms in total. The first-order valence-corrected chi connectivity index (χ1v) is 25.8. The normalized spacial score (nSPS) is 54.6. The fourth-order valence-electron chi connectivity index (χ4n) is 21.5. The summed E-state index contributed by atoms with van der Waals surface area (Å²) in [7, 11) is 0. The van der Waals surface area contributed by atoms with Gasteiger partial charge in [0.1, 0.15) is 0 Å². The van der Waals surface area contributed by atoms with Crippen molar-refractivity contribution in [1.29, 1.82) is 0 Å². The molecular weight excluding hydrogens is 785 g/mol. The summed E-state index contributed by atoms with van der Waals surface area (Å²) in [5.41, 5.74) is 0. The molecule has 12 rings (SSSR count). The molecule has 10 heteroatoms. The lowest BCUT2D eigenvalue weighted by molar-refractivity contribution is -0.177. The Morgan fingerprint density at radius 1 is 0.516 bits per heavy atom. The van der Waals surface area contributed by atoms with Crippen molar-refractivity contribution in [3.63, 3.8) is 0 Å². The van der Waals surface area contributed by atoms with Crippen molar-refractivity contribution in [1.82, 2.24) is 0 Å². The molecule has 0 aliphatic heterocycles. The number of esters is 2. The molecule has 0 aromatic heterocycles. The first-order valence-electron chi connectivity index (χ1n) is 25.8. The average molecular weight is 859 g/mol. The molecule has 342 valence electrons. The van der Waals surface area contributed by atoms with Crippen molar-refractivity contribution in [2.75, 3.05) is 26.8 Å². The molecule has 62 heavy (non-hydrogen) atoms. The molecule has 28 atom stereocenters. The predicted octanol–water partition coefficient (Wildman–Crippen LogP) is 8.37. The summed E-state index contributed by atoms with van der Waals surface area (Å²) in [4.78, 5) is 54.1. The number of aliphatic carboxylic acids is 2. The number of ether oxygens (including phenoxy) is 4. The minimum atomic E-state index is -0.946. The van der Waals surface area contributed by atoms with Crippen molar-refractivity contribution < 1.29 is 48.3 Å². The lowest BCUT2D eigenvalue weighted by Gasteiger charge is -2.53. The van der Waals surface area contributed by atoms with Crippen LogP contribution in [0, 0.1) is 166 Å². The Labute approximate surface area is 368 Å². The summed E-state index contributed by atoms with van der Waals surface area (Å²) in [5, 5.41) is 21.1. The van der Waals surface area contributed by atoms with E-state index in [1.54, 1.807) is 6.92 Å². The largest absolute Gasteiger partial charge is 0.481 e. The molecule has 12 aliphatic carbocycles. The lowest BCUT2D eigenvalue weighted by atomic mass is 9.51. The maximum Gasteiger partial charge on any atom is 0.312 e. The molecule has 12 aliphatic rings. The van der Waals surface area contributed by atoms with E-state index in [4.69, 9.17) is 18.9 Å². The zero-order valence-corrected chi connectivity index (χ0v) is 37.6. The lowest BCUT2D eigenvalue weighted by Crippen LogP contribution is -2.53. The number of carbonyl (C=O) groups excluding carboxylic acids is 2. The van der Waals surface area contributed by atoms with Crippen LogP contribution >= 0.6 is 0 Å². The maximum atomic E-state index is 14.6. The third-order valence-corrected chi connectivity index (χ3v) is 23.5. The van der Waals surface area contributed by atoms with Crippen LogP contribution in [0.3, 0.4) is 0 Å². The number of carboxylic acids is 2. The van der Waals surface area contributed by atoms with Crippen molar-refractivity contribution in [2.45, 2.75) is 105 Å². The van der Waals surface area contributed by atoms with Crippen LogP contribution in [0.2, 0.25) is 0 Å². The van der Waals surface area contributed by atoms with E-state index in [0.29, 0.717) is 120 Å². The van der Waals surface area contributed by atoms with E-state index in [0.717, 1.165) is 49.9 Å². The van der Waals surface area contributed by atoms with E-state index in [1.165, 1.54) is 38.5 Å². The van der Waals surface area contributed by atoms with Crippen LogP contribution in [0.4, 0.5) is 0 Å². The standard InChI is InChI=1S/C52H74O10/c1-21-25-5-7-27(9-25)39(21)17-59-19-61-51(57)35-14-30-12-33(35)45-31-15-36(43(30)45)41(23(31)3)47-38-16-37(44-29-11-32(46(38)44)34(13-29)50(55)56)48(47)42(24(4)49(53)54)52(58)62-20-60-18-40-22(2)26-6-8-28(40)10-26/h21-48H,5-20H2,1-4H3,(H,53,54)(H,55,56). The summed E-state index contributed by atoms with van der Waals surface area (Å²) >= 11 is 0. The van der Waals surface area contributed by atoms with Crippen molar-refractivity contribution in [3.05, 3.63) is 0 Å². The fourth-order valence-corrected chi connectivity index (χ4v) is 21.5. The molecule has 2 N–H and O–H groups in total. The van der Waals surface area contributed by atoms with E-state index in [-0.39, 0.29) is 55.1 Å². The molecular formula is C52H74O10. The Bertz CT molecular complexity index is 1810. The van der Waals surface area contributed by atoms with Crippen molar-refractivity contribution >= 4 is 23.9 Å². The molecule has 0 heterocycles. The van der Waals surface area contributed by atoms with Crippen LogP contribution in [0.15, 0.2) is 0 Å². The Morgan fingerprint density at radius 3 is 1.65 bits per heavy atom. The number of fused-ring (bicyclic) bond motifs is 22. The van der Waals surface area contributed by atoms with Gasteiger partial charge in [-0.25, -0.2) is 0 Å². The first kappa shape index (κ1) is 41.2. The molecule has 12 fully saturated rings. The summed E-state index contributed by atoms with van der Waals surface area (Å²) in [5.74, 6) is 6.92. The van der Waals surface area contributed by atoms with Gasteiger partial charge in [-0.05, 0) is 219 Å². The Hall–Kier alpha value is -2.20. The van der Waals surface area contributed by atoms with E-state index < -0.39 is 29.7 Å². The highest BCUT2D eigenvalue weighted by Gasteiger charge is 2.75. The Balaban J connectivity index is 0.768. The van der Waals surface area contributed by atoms with E-state index >= 15 is 0 Å². The number of carboxylic acid groups (broad SMARTS) is 2. The van der Waals surface area contributed by atoms with Gasteiger partial charge in [-0.3, -0.25) is 19.2 Å². The van der Waals surface area contributed by atoms with Crippen LogP contribution in [0.1, 0.15) is 105 Å². The second-order valence-corrected chi connectivity index (χ2v) is 24.6. The van der Waals surface area contributed by atoms with Crippen LogP contribution in [-0.4, -0.2) is 60.9 Å². The highest BCUT2D eigenvalue weighted by atomic mass is 16.7. The topological polar surface area (TPSA) is 146 Å². The van der Waals surface area contributed by atoms with Crippen molar-refractivity contribution in [2.24, 2.45) is 166 Å². The van der Waals surface area contributed by atoms with Crippen LogP contribution in [0.25, 0.3) is 0 Å². The summed E-state index contributed by atoms with van der Waals surface area (Å²) in [6, 6.07) is 0. The van der Waals surface area contributed by atoms with E-state index in [9.17, 15) is 29.4 Å². The van der Waals surface area contributed by atoms with Gasteiger partial charge in [-0.2, -0.15) is 0 Å². The molecule has 12 bridgehead atoms. The SMILES string of the molecule is CC(C(=O)O)C(C(=O)OCOCC1C2CCC(C2)C1C)C1C2CC(C3C4CC(CC4C(=O)O)C23)C1C1C(C)C2CC1C1C3CC(C(=O)OCOCC4C5CCC(C5)C4C)C(C3)C21. The first-order chi connectivity index (χ1) is 29.9. The number of hydrogen-bond donors (Lipinski definition) is 2. The minimum Gasteiger partial charge on any atom is -0.481 e. The van der Waals surface area contributed by atoms with Gasteiger partial charge < -0.3 is 29.2 Å². The predicted molar refractivity (Wildman–Crippen MR) is 225 cm³/mol. The molecule has 0 aromatic carbocycles. The summed E-state index contributed by atoms with van der Waals surface area (Å²) in [6.07, 6.45) is 13.7. The van der Waals surface area contributed by atoms with Crippen LogP contribution in [-0.2, 0) is 38.1 Å². The van der Waals surface area contributed by atoms with Crippen molar-refractivity contribution in [3.8, 4) is 0 Å². The average Bonchev–Trinajstić information content (AvgIpc) is 4.09. The van der Waals surface area contributed by atoms with Gasteiger partial charge in [0.2, 0.25) is 0 Å². The number of carbonyl (C=O) groups is 4. The highest BCUT2D eigenvalue weighted by Crippen LogP contribution is 2.79. The van der Waals surface area contributed by atoms with Gasteiger partial charge >= 0.3 is 23.9 Å². The molecule has 12 saturated carbocycles. The van der Waals surface area contributed by atoms with Crippen LogP contribution < -0.4 is 0 Å². The monoisotopic (exact) mass is 859 g/mol. The van der Waals surface area contributed by atoms with Gasteiger partial charge in [0.05, 0.1) is 36.9 Å². The second-order valence-electron chi connectivity index (χ2n) is 24.6. The molecule has 0 radical (unpaired) electrons. The van der Waals surface area contributed by atoms with Gasteiger partial charge in [0.15, 0.2) is 13.6 Å². The third kappa shape index (κ3) is 5.90. The van der Waals surface area contributed by atoms with E-state index in [1.807, 2.05) is 0 Å². The Kier molecular flexibility index (Phi) is 10.1. The maximum absolute atomic E-state index is 14.6. The molecule has 28 unspecified atom stereocenters. The zero-order valence-electron chi connectivity index (χ0n) is 37.6.